The molecule has 0 heteroatoms. The predicted octanol–water partition coefficient (Wildman–Crippen LogP) is 6.83. The maximum absolute atomic E-state index is 3.70. The highest BCUT2D eigenvalue weighted by Gasteiger charge is 1.90. The molecule has 0 heterocycles. The van der Waals surface area contributed by atoms with Crippen molar-refractivity contribution in [3.8, 4) is 0 Å². The molecule has 0 fully saturated rings. The Bertz CT molecular complexity index is 320. The Labute approximate surface area is 127 Å². The van der Waals surface area contributed by atoms with Crippen LogP contribution in [0.4, 0.5) is 0 Å². The minimum atomic E-state index is 0.517. The summed E-state index contributed by atoms with van der Waals surface area (Å²) in [4.78, 5) is 0. The summed E-state index contributed by atoms with van der Waals surface area (Å²) in [5.41, 5.74) is 1.17. The summed E-state index contributed by atoms with van der Waals surface area (Å²) >= 11 is 0. The summed E-state index contributed by atoms with van der Waals surface area (Å²) in [6.07, 6.45) is 18.4. The van der Waals surface area contributed by atoms with Gasteiger partial charge in [0, 0.05) is 0 Å². The van der Waals surface area contributed by atoms with Crippen LogP contribution in [0.25, 0.3) is 0 Å². The second-order valence-electron chi connectivity index (χ2n) is 4.28. The third-order valence-electron chi connectivity index (χ3n) is 1.82. The smallest absolute Gasteiger partial charge is 0.00557 e. The fourth-order valence-electron chi connectivity index (χ4n) is 0.856. The Morgan fingerprint density at radius 2 is 1.45 bits per heavy atom. The molecule has 0 nitrogen and oxygen atoms in total. The number of allylic oxidation sites excluding steroid dienone is 10. The summed E-state index contributed by atoms with van der Waals surface area (Å²) in [6.45, 7) is 22.4. The molecule has 0 aliphatic heterocycles. The van der Waals surface area contributed by atoms with Gasteiger partial charge in [-0.3, -0.25) is 0 Å². The van der Waals surface area contributed by atoms with E-state index >= 15 is 0 Å². The molecule has 0 radical (unpaired) electrons. The molecule has 0 aliphatic carbocycles. The molecular formula is C20H32. The summed E-state index contributed by atoms with van der Waals surface area (Å²) in [6, 6.07) is 0. The molecule has 0 N–H and O–H groups in total. The largest absolute Gasteiger partial charge is 0.102 e. The van der Waals surface area contributed by atoms with Gasteiger partial charge >= 0.3 is 0 Å². The van der Waals surface area contributed by atoms with Gasteiger partial charge in [-0.25, -0.2) is 0 Å². The van der Waals surface area contributed by atoms with Crippen LogP contribution >= 0.6 is 0 Å². The standard InChI is InChI=1S/C9H14.C7H10.C4H8/c1-4-7-8-9(5-2)6-3;1-3-5-7-6-4-2;1-4(2)3/h4-5,7-9H,1-2,6H2,3H3;3-7H,1H2,2H3;1H2,2-3H3/b8-7-;6-4-,7-5-;. The van der Waals surface area contributed by atoms with Crippen LogP contribution in [-0.4, -0.2) is 0 Å². The van der Waals surface area contributed by atoms with Crippen molar-refractivity contribution < 1.29 is 0 Å². The topological polar surface area (TPSA) is 0 Å². The lowest BCUT2D eigenvalue weighted by Crippen LogP contribution is -1.85. The predicted molar refractivity (Wildman–Crippen MR) is 98.0 cm³/mol. The lowest BCUT2D eigenvalue weighted by Gasteiger charge is -1.98. The van der Waals surface area contributed by atoms with E-state index in [4.69, 9.17) is 0 Å². The van der Waals surface area contributed by atoms with Crippen LogP contribution in [0.3, 0.4) is 0 Å². The number of rotatable bonds is 6. The molecule has 0 aromatic rings. The van der Waals surface area contributed by atoms with Gasteiger partial charge in [-0.05, 0) is 33.1 Å². The Morgan fingerprint density at radius 1 is 0.950 bits per heavy atom. The molecule has 0 aromatic carbocycles. The molecule has 0 aliphatic rings. The zero-order chi connectivity index (χ0) is 16.2. The average molecular weight is 272 g/mol. The second-order valence-corrected chi connectivity index (χ2v) is 4.28. The summed E-state index contributed by atoms with van der Waals surface area (Å²) < 4.78 is 0. The van der Waals surface area contributed by atoms with Crippen molar-refractivity contribution in [3.63, 3.8) is 0 Å². The zero-order valence-corrected chi connectivity index (χ0v) is 13.8. The summed E-state index contributed by atoms with van der Waals surface area (Å²) in [7, 11) is 0. The maximum atomic E-state index is 3.70. The Kier molecular flexibility index (Phi) is 26.0. The molecule has 0 amide bonds. The highest BCUT2D eigenvalue weighted by Crippen LogP contribution is 2.04. The molecule has 0 saturated carbocycles. The van der Waals surface area contributed by atoms with Gasteiger partial charge in [0.25, 0.3) is 0 Å². The highest BCUT2D eigenvalue weighted by atomic mass is 14.0. The maximum Gasteiger partial charge on any atom is -0.00557 e. The minimum absolute atomic E-state index is 0.517. The zero-order valence-electron chi connectivity index (χ0n) is 13.8. The van der Waals surface area contributed by atoms with E-state index in [1.807, 2.05) is 57.2 Å². The van der Waals surface area contributed by atoms with Crippen molar-refractivity contribution in [2.75, 3.05) is 0 Å². The number of hydrogen-bond donors (Lipinski definition) is 0. The summed E-state index contributed by atoms with van der Waals surface area (Å²) in [5.74, 6) is 0.517. The van der Waals surface area contributed by atoms with E-state index in [2.05, 4.69) is 39.3 Å². The van der Waals surface area contributed by atoms with Crippen molar-refractivity contribution >= 4 is 0 Å². The highest BCUT2D eigenvalue weighted by molar-refractivity contribution is 5.07. The van der Waals surface area contributed by atoms with Crippen LogP contribution < -0.4 is 0 Å². The monoisotopic (exact) mass is 272 g/mol. The molecule has 1 unspecified atom stereocenters. The molecule has 20 heavy (non-hydrogen) atoms. The van der Waals surface area contributed by atoms with E-state index in [-0.39, 0.29) is 0 Å². The van der Waals surface area contributed by atoms with E-state index in [0.717, 1.165) is 6.42 Å². The normalized spacial score (nSPS) is 11.2. The van der Waals surface area contributed by atoms with Gasteiger partial charge < -0.3 is 0 Å². The number of hydrogen-bond acceptors (Lipinski definition) is 0. The van der Waals surface area contributed by atoms with Crippen molar-refractivity contribution in [2.45, 2.75) is 34.1 Å². The molecule has 0 rings (SSSR count). The van der Waals surface area contributed by atoms with Crippen molar-refractivity contribution in [1.29, 1.82) is 0 Å². The summed E-state index contributed by atoms with van der Waals surface area (Å²) in [5, 5.41) is 0. The van der Waals surface area contributed by atoms with Crippen LogP contribution in [0, 0.1) is 5.92 Å². The van der Waals surface area contributed by atoms with Gasteiger partial charge in [0.2, 0.25) is 0 Å². The van der Waals surface area contributed by atoms with Gasteiger partial charge in [-0.2, -0.15) is 0 Å². The first kappa shape index (κ1) is 23.3. The lowest BCUT2D eigenvalue weighted by molar-refractivity contribution is 0.776. The third-order valence-corrected chi connectivity index (χ3v) is 1.82. The van der Waals surface area contributed by atoms with Crippen molar-refractivity contribution in [2.24, 2.45) is 5.92 Å². The van der Waals surface area contributed by atoms with Crippen LogP contribution in [0.15, 0.2) is 86.6 Å². The quantitative estimate of drug-likeness (QED) is 0.367. The van der Waals surface area contributed by atoms with Crippen molar-refractivity contribution in [3.05, 3.63) is 86.6 Å². The van der Waals surface area contributed by atoms with Gasteiger partial charge in [0.1, 0.15) is 0 Å². The fourth-order valence-corrected chi connectivity index (χ4v) is 0.856. The lowest BCUT2D eigenvalue weighted by atomic mass is 10.1. The van der Waals surface area contributed by atoms with Crippen LogP contribution in [0.1, 0.15) is 34.1 Å². The molecule has 0 saturated heterocycles. The third kappa shape index (κ3) is 36.0. The van der Waals surface area contributed by atoms with E-state index < -0.39 is 0 Å². The van der Waals surface area contributed by atoms with Gasteiger partial charge in [-0.1, -0.05) is 80.3 Å². The van der Waals surface area contributed by atoms with E-state index in [1.165, 1.54) is 5.57 Å². The van der Waals surface area contributed by atoms with Gasteiger partial charge in [0.15, 0.2) is 0 Å². The van der Waals surface area contributed by atoms with Crippen LogP contribution in [0.5, 0.6) is 0 Å². The molecular weight excluding hydrogens is 240 g/mol. The molecule has 0 spiro atoms. The molecule has 112 valence electrons. The SMILES string of the molecule is C=C(C)C.C=C/C=C\C(C=C)CC.C=C/C=C\C=C/C. The van der Waals surface area contributed by atoms with Crippen molar-refractivity contribution in [1.82, 2.24) is 0 Å². The van der Waals surface area contributed by atoms with Gasteiger partial charge in [0.05, 0.1) is 0 Å². The average Bonchev–Trinajstić information content (AvgIpc) is 2.41. The van der Waals surface area contributed by atoms with E-state index in [9.17, 15) is 0 Å². The first-order valence-electron chi connectivity index (χ1n) is 6.94. The molecule has 0 aromatic heterocycles. The van der Waals surface area contributed by atoms with Gasteiger partial charge in [-0.15, -0.1) is 13.2 Å². The Morgan fingerprint density at radius 3 is 1.75 bits per heavy atom. The van der Waals surface area contributed by atoms with Crippen LogP contribution in [0.2, 0.25) is 0 Å². The van der Waals surface area contributed by atoms with Crippen LogP contribution in [-0.2, 0) is 0 Å². The molecule has 1 atom stereocenters. The Balaban J connectivity index is -0.000000234. The van der Waals surface area contributed by atoms with E-state index in [0.29, 0.717) is 5.92 Å². The minimum Gasteiger partial charge on any atom is -0.102 e. The second kappa shape index (κ2) is 22.4. The first-order valence-corrected chi connectivity index (χ1v) is 6.94. The Hall–Kier alpha value is -1.82. The molecule has 0 bridgehead atoms. The first-order chi connectivity index (χ1) is 9.49. The van der Waals surface area contributed by atoms with E-state index in [1.54, 1.807) is 12.2 Å². The fraction of sp³-hybridized carbons (Fsp3) is 0.300.